The van der Waals surface area contributed by atoms with Crippen LogP contribution < -0.4 is 10.6 Å². The predicted molar refractivity (Wildman–Crippen MR) is 117 cm³/mol. The summed E-state index contributed by atoms with van der Waals surface area (Å²) in [4.78, 5) is 0. The van der Waals surface area contributed by atoms with Gasteiger partial charge in [0, 0.05) is 23.1 Å². The summed E-state index contributed by atoms with van der Waals surface area (Å²) in [6.45, 7) is 6.75. The lowest BCUT2D eigenvalue weighted by atomic mass is 10.1. The fraction of sp³-hybridized carbons (Fsp3) is 0.500. The Morgan fingerprint density at radius 3 is 2.15 bits per heavy atom. The fourth-order valence-electron chi connectivity index (χ4n) is 3.34. The molecule has 0 aliphatic rings. The molecule has 0 aliphatic carbocycles. The van der Waals surface area contributed by atoms with Crippen molar-refractivity contribution in [3.63, 3.8) is 0 Å². The Morgan fingerprint density at radius 2 is 1.42 bits per heavy atom. The van der Waals surface area contributed by atoms with Gasteiger partial charge in [-0.2, -0.15) is 0 Å². The van der Waals surface area contributed by atoms with Gasteiger partial charge in [0.15, 0.2) is 0 Å². The molecule has 1 atom stereocenters. The number of aryl methyl sites for hydroxylation is 1. The van der Waals surface area contributed by atoms with Crippen LogP contribution in [-0.2, 0) is 6.42 Å². The van der Waals surface area contributed by atoms with E-state index in [0.717, 1.165) is 12.1 Å². The largest absolute Gasteiger partial charge is 0.383 e. The molecule has 1 unspecified atom stereocenters. The Kier molecular flexibility index (Phi) is 9.09. The van der Waals surface area contributed by atoms with Crippen LogP contribution in [0, 0.1) is 0 Å². The van der Waals surface area contributed by atoms with Gasteiger partial charge >= 0.3 is 0 Å². The Bertz CT molecular complexity index is 618. The van der Waals surface area contributed by atoms with E-state index in [1.54, 1.807) is 0 Å². The molecule has 2 heteroatoms. The van der Waals surface area contributed by atoms with Crippen LogP contribution in [0.4, 0.5) is 17.1 Å². The highest BCUT2D eigenvalue weighted by Crippen LogP contribution is 2.23. The summed E-state index contributed by atoms with van der Waals surface area (Å²) in [5, 5.41) is 7.16. The Balaban J connectivity index is 1.76. The highest BCUT2D eigenvalue weighted by molar-refractivity contribution is 5.65. The molecule has 0 spiro atoms. The SMILES string of the molecule is CCCCCCCCC(C)Nc1ccc(Nc2ccccc2CC)cc1. The van der Waals surface area contributed by atoms with Crippen LogP contribution in [0.15, 0.2) is 48.5 Å². The number of hydrogen-bond donors (Lipinski definition) is 2. The van der Waals surface area contributed by atoms with Gasteiger partial charge in [-0.3, -0.25) is 0 Å². The van der Waals surface area contributed by atoms with Gasteiger partial charge in [0.1, 0.15) is 0 Å². The molecule has 2 aromatic carbocycles. The van der Waals surface area contributed by atoms with Crippen molar-refractivity contribution < 1.29 is 0 Å². The molecule has 2 nitrogen and oxygen atoms in total. The van der Waals surface area contributed by atoms with E-state index in [4.69, 9.17) is 0 Å². The molecular formula is C24H36N2. The molecule has 2 N–H and O–H groups in total. The number of unbranched alkanes of at least 4 members (excludes halogenated alkanes) is 5. The van der Waals surface area contributed by atoms with Crippen LogP contribution in [0.1, 0.15) is 71.3 Å². The monoisotopic (exact) mass is 352 g/mol. The zero-order valence-electron chi connectivity index (χ0n) is 16.9. The van der Waals surface area contributed by atoms with Gasteiger partial charge in [0.2, 0.25) is 0 Å². The maximum atomic E-state index is 3.63. The van der Waals surface area contributed by atoms with E-state index in [2.05, 4.69) is 79.9 Å². The standard InChI is InChI=1S/C24H36N2/c1-4-6-7-8-9-10-13-20(3)25-22-16-18-23(19-17-22)26-24-15-12-11-14-21(24)5-2/h11-12,14-20,25-26H,4-10,13H2,1-3H3. The van der Waals surface area contributed by atoms with Gasteiger partial charge < -0.3 is 10.6 Å². The van der Waals surface area contributed by atoms with Gasteiger partial charge in [-0.05, 0) is 55.7 Å². The predicted octanol–water partition coefficient (Wildman–Crippen LogP) is 7.54. The lowest BCUT2D eigenvalue weighted by Gasteiger charge is -2.16. The molecule has 0 aliphatic heterocycles. The second-order valence-corrected chi connectivity index (χ2v) is 7.31. The molecule has 0 bridgehead atoms. The molecule has 0 saturated heterocycles. The highest BCUT2D eigenvalue weighted by Gasteiger charge is 2.03. The van der Waals surface area contributed by atoms with Gasteiger partial charge in [-0.15, -0.1) is 0 Å². The first-order valence-electron chi connectivity index (χ1n) is 10.4. The van der Waals surface area contributed by atoms with Crippen molar-refractivity contribution in [1.82, 2.24) is 0 Å². The Morgan fingerprint density at radius 1 is 0.769 bits per heavy atom. The van der Waals surface area contributed by atoms with E-state index in [1.807, 2.05) is 0 Å². The minimum atomic E-state index is 0.529. The van der Waals surface area contributed by atoms with E-state index < -0.39 is 0 Å². The van der Waals surface area contributed by atoms with Crippen molar-refractivity contribution in [2.45, 2.75) is 78.2 Å². The quantitative estimate of drug-likeness (QED) is 0.385. The van der Waals surface area contributed by atoms with Gasteiger partial charge in [0.05, 0.1) is 0 Å². The molecule has 26 heavy (non-hydrogen) atoms. The highest BCUT2D eigenvalue weighted by atomic mass is 14.9. The topological polar surface area (TPSA) is 24.1 Å². The lowest BCUT2D eigenvalue weighted by Crippen LogP contribution is -2.14. The molecule has 2 rings (SSSR count). The first kappa shape index (κ1) is 20.4. The van der Waals surface area contributed by atoms with Crippen molar-refractivity contribution in [3.8, 4) is 0 Å². The lowest BCUT2D eigenvalue weighted by molar-refractivity contribution is 0.567. The summed E-state index contributed by atoms with van der Waals surface area (Å²) in [6, 6.07) is 17.7. The Hall–Kier alpha value is -1.96. The van der Waals surface area contributed by atoms with Gasteiger partial charge in [-0.1, -0.05) is 70.6 Å². The molecular weight excluding hydrogens is 316 g/mol. The minimum Gasteiger partial charge on any atom is -0.383 e. The van der Waals surface area contributed by atoms with E-state index >= 15 is 0 Å². The second kappa shape index (κ2) is 11.6. The first-order chi connectivity index (χ1) is 12.7. The van der Waals surface area contributed by atoms with Crippen LogP contribution >= 0.6 is 0 Å². The molecule has 0 heterocycles. The van der Waals surface area contributed by atoms with Crippen molar-refractivity contribution in [2.24, 2.45) is 0 Å². The van der Waals surface area contributed by atoms with Crippen molar-refractivity contribution in [2.75, 3.05) is 10.6 Å². The summed E-state index contributed by atoms with van der Waals surface area (Å²) in [5.41, 5.74) is 4.90. The van der Waals surface area contributed by atoms with E-state index in [1.165, 1.54) is 61.9 Å². The second-order valence-electron chi connectivity index (χ2n) is 7.31. The fourth-order valence-corrected chi connectivity index (χ4v) is 3.34. The van der Waals surface area contributed by atoms with Crippen LogP contribution in [0.25, 0.3) is 0 Å². The van der Waals surface area contributed by atoms with Crippen molar-refractivity contribution in [1.29, 1.82) is 0 Å². The average Bonchev–Trinajstić information content (AvgIpc) is 2.66. The average molecular weight is 353 g/mol. The van der Waals surface area contributed by atoms with Crippen LogP contribution in [0.3, 0.4) is 0 Å². The third kappa shape index (κ3) is 7.11. The molecule has 142 valence electrons. The minimum absolute atomic E-state index is 0.529. The number of benzene rings is 2. The maximum Gasteiger partial charge on any atom is 0.0416 e. The summed E-state index contributed by atoms with van der Waals surface area (Å²) in [5.74, 6) is 0. The summed E-state index contributed by atoms with van der Waals surface area (Å²) in [7, 11) is 0. The zero-order chi connectivity index (χ0) is 18.6. The smallest absolute Gasteiger partial charge is 0.0416 e. The summed E-state index contributed by atoms with van der Waals surface area (Å²) >= 11 is 0. The van der Waals surface area contributed by atoms with Crippen molar-refractivity contribution in [3.05, 3.63) is 54.1 Å². The van der Waals surface area contributed by atoms with Gasteiger partial charge in [0.25, 0.3) is 0 Å². The summed E-state index contributed by atoms with van der Waals surface area (Å²) < 4.78 is 0. The number of para-hydroxylation sites is 1. The number of hydrogen-bond acceptors (Lipinski definition) is 2. The third-order valence-electron chi connectivity index (χ3n) is 4.97. The molecule has 0 radical (unpaired) electrons. The third-order valence-corrected chi connectivity index (χ3v) is 4.97. The molecule has 0 amide bonds. The molecule has 2 aromatic rings. The van der Waals surface area contributed by atoms with E-state index in [-0.39, 0.29) is 0 Å². The van der Waals surface area contributed by atoms with Crippen LogP contribution in [0.5, 0.6) is 0 Å². The first-order valence-corrected chi connectivity index (χ1v) is 10.4. The summed E-state index contributed by atoms with van der Waals surface area (Å²) in [6.07, 6.45) is 10.5. The van der Waals surface area contributed by atoms with E-state index in [0.29, 0.717) is 6.04 Å². The van der Waals surface area contributed by atoms with Crippen LogP contribution in [-0.4, -0.2) is 6.04 Å². The van der Waals surface area contributed by atoms with Crippen LogP contribution in [0.2, 0.25) is 0 Å². The number of anilines is 3. The number of rotatable bonds is 12. The molecule has 0 aromatic heterocycles. The molecule has 0 saturated carbocycles. The maximum absolute atomic E-state index is 3.63. The number of nitrogens with one attached hydrogen (secondary N) is 2. The Labute approximate surface area is 160 Å². The molecule has 0 fully saturated rings. The van der Waals surface area contributed by atoms with Crippen molar-refractivity contribution >= 4 is 17.1 Å². The zero-order valence-corrected chi connectivity index (χ0v) is 16.9. The van der Waals surface area contributed by atoms with E-state index in [9.17, 15) is 0 Å². The van der Waals surface area contributed by atoms with Gasteiger partial charge in [-0.25, -0.2) is 0 Å². The normalized spacial score (nSPS) is 12.0.